The molecule has 1 aliphatic rings. The first kappa shape index (κ1) is 32.9. The number of fused-ring (bicyclic) bond motifs is 1. The van der Waals surface area contributed by atoms with Crippen molar-refractivity contribution in [1.82, 2.24) is 15.1 Å². The molecular formula is C34H47Cl2N5O. The minimum atomic E-state index is -0.0629. The summed E-state index contributed by atoms with van der Waals surface area (Å²) in [5.74, 6) is 0.703. The van der Waals surface area contributed by atoms with Crippen LogP contribution in [0.4, 0.5) is 0 Å². The number of hydrogen-bond donors (Lipinski definition) is 3. The van der Waals surface area contributed by atoms with Crippen LogP contribution in [0.2, 0.25) is 10.0 Å². The zero-order valence-electron chi connectivity index (χ0n) is 25.1. The van der Waals surface area contributed by atoms with Crippen molar-refractivity contribution in [3.8, 4) is 0 Å². The Morgan fingerprint density at radius 1 is 0.976 bits per heavy atom. The first-order valence-corrected chi connectivity index (χ1v) is 16.1. The van der Waals surface area contributed by atoms with E-state index >= 15 is 0 Å². The van der Waals surface area contributed by atoms with Gasteiger partial charge in [-0.3, -0.25) is 14.6 Å². The van der Waals surface area contributed by atoms with Crippen LogP contribution in [0.25, 0.3) is 10.8 Å². The van der Waals surface area contributed by atoms with Gasteiger partial charge in [0.1, 0.15) is 0 Å². The molecule has 6 nitrogen and oxygen atoms in total. The Balaban J connectivity index is 1.49. The van der Waals surface area contributed by atoms with E-state index in [1.807, 2.05) is 36.4 Å². The van der Waals surface area contributed by atoms with E-state index < -0.39 is 0 Å². The molecule has 0 amide bonds. The number of carbonyl (C=O) groups is 1. The molecule has 1 fully saturated rings. The SMILES string of the molecule is CC(C)C[C@@H]1CN(C[C@H](N)Cc2ccc(Cl)cc2Cl)[C@@H](CCCNCCN)CN1CC(=O)c1ccc2ccccc2c1. The average molecular weight is 613 g/mol. The number of nitrogens with one attached hydrogen (secondary N) is 1. The summed E-state index contributed by atoms with van der Waals surface area (Å²) in [6.45, 7) is 9.86. The number of halogens is 2. The molecule has 1 heterocycles. The number of benzene rings is 3. The van der Waals surface area contributed by atoms with Gasteiger partial charge < -0.3 is 16.8 Å². The number of carbonyl (C=O) groups excluding carboxylic acids is 1. The highest BCUT2D eigenvalue weighted by Crippen LogP contribution is 2.26. The average Bonchev–Trinajstić information content (AvgIpc) is 2.95. The second-order valence-electron chi connectivity index (χ2n) is 12.2. The minimum absolute atomic E-state index is 0.0629. The number of rotatable bonds is 15. The smallest absolute Gasteiger partial charge is 0.176 e. The Bertz CT molecular complexity index is 1300. The van der Waals surface area contributed by atoms with Gasteiger partial charge in [-0.15, -0.1) is 0 Å². The molecule has 0 spiro atoms. The zero-order chi connectivity index (χ0) is 30.1. The lowest BCUT2D eigenvalue weighted by Gasteiger charge is -2.47. The Labute approximate surface area is 261 Å². The maximum Gasteiger partial charge on any atom is 0.176 e. The van der Waals surface area contributed by atoms with Gasteiger partial charge >= 0.3 is 0 Å². The first-order valence-electron chi connectivity index (χ1n) is 15.3. The van der Waals surface area contributed by atoms with Gasteiger partial charge in [-0.05, 0) is 72.7 Å². The van der Waals surface area contributed by atoms with Crippen molar-refractivity contribution in [3.05, 3.63) is 81.8 Å². The van der Waals surface area contributed by atoms with Crippen molar-refractivity contribution in [3.63, 3.8) is 0 Å². The summed E-state index contributed by atoms with van der Waals surface area (Å²) >= 11 is 12.6. The van der Waals surface area contributed by atoms with Crippen LogP contribution in [0, 0.1) is 5.92 Å². The third kappa shape index (κ3) is 9.48. The number of Topliss-reactive ketones (excluding diaryl/α,β-unsaturated/α-hetero) is 1. The van der Waals surface area contributed by atoms with Gasteiger partial charge in [0.25, 0.3) is 0 Å². The Morgan fingerprint density at radius 2 is 1.74 bits per heavy atom. The second-order valence-corrected chi connectivity index (χ2v) is 13.0. The fourth-order valence-electron chi connectivity index (χ4n) is 6.19. The highest BCUT2D eigenvalue weighted by Gasteiger charge is 2.35. The first-order chi connectivity index (χ1) is 20.2. The fourth-order valence-corrected chi connectivity index (χ4v) is 6.68. The van der Waals surface area contributed by atoms with Crippen LogP contribution in [-0.4, -0.2) is 79.5 Å². The molecule has 4 rings (SSSR count). The van der Waals surface area contributed by atoms with E-state index in [1.54, 1.807) is 6.07 Å². The molecule has 0 radical (unpaired) electrons. The number of nitrogens with zero attached hydrogens (tertiary/aromatic N) is 2. The third-order valence-corrected chi connectivity index (χ3v) is 8.85. The number of ketones is 1. The lowest BCUT2D eigenvalue weighted by molar-refractivity contribution is 0.0141. The van der Waals surface area contributed by atoms with Gasteiger partial charge in [-0.2, -0.15) is 0 Å². The zero-order valence-corrected chi connectivity index (χ0v) is 26.6. The fraction of sp³-hybridized carbons (Fsp3) is 0.500. The molecule has 3 atom stereocenters. The van der Waals surface area contributed by atoms with Gasteiger partial charge in [0.15, 0.2) is 5.78 Å². The monoisotopic (exact) mass is 611 g/mol. The lowest BCUT2D eigenvalue weighted by Crippen LogP contribution is -2.61. The molecule has 3 aromatic carbocycles. The van der Waals surface area contributed by atoms with E-state index in [9.17, 15) is 4.79 Å². The molecule has 0 saturated carbocycles. The summed E-state index contributed by atoms with van der Waals surface area (Å²) in [6, 6.07) is 20.4. The van der Waals surface area contributed by atoms with Crippen LogP contribution >= 0.6 is 23.2 Å². The van der Waals surface area contributed by atoms with Gasteiger partial charge in [-0.25, -0.2) is 0 Å². The lowest BCUT2D eigenvalue weighted by atomic mass is 9.94. The van der Waals surface area contributed by atoms with E-state index in [2.05, 4.69) is 47.2 Å². The molecule has 0 aliphatic carbocycles. The maximum atomic E-state index is 13.6. The summed E-state index contributed by atoms with van der Waals surface area (Å²) in [6.07, 6.45) is 3.79. The van der Waals surface area contributed by atoms with E-state index in [0.717, 1.165) is 73.9 Å². The van der Waals surface area contributed by atoms with Gasteiger partial charge in [-0.1, -0.05) is 79.5 Å². The summed E-state index contributed by atoms with van der Waals surface area (Å²) in [7, 11) is 0. The van der Waals surface area contributed by atoms with Gasteiger partial charge in [0.2, 0.25) is 0 Å². The van der Waals surface area contributed by atoms with E-state index in [4.69, 9.17) is 34.7 Å². The highest BCUT2D eigenvalue weighted by molar-refractivity contribution is 6.35. The van der Waals surface area contributed by atoms with Crippen LogP contribution in [0.5, 0.6) is 0 Å². The molecule has 1 saturated heterocycles. The molecule has 3 aromatic rings. The second kappa shape index (κ2) is 16.2. The molecule has 1 aliphatic heterocycles. The van der Waals surface area contributed by atoms with E-state index in [1.165, 1.54) is 0 Å². The molecule has 5 N–H and O–H groups in total. The molecule has 42 heavy (non-hydrogen) atoms. The number of hydrogen-bond acceptors (Lipinski definition) is 6. The Hall–Kier alpha value is -2.03. The topological polar surface area (TPSA) is 87.6 Å². The predicted octanol–water partition coefficient (Wildman–Crippen LogP) is 5.63. The van der Waals surface area contributed by atoms with Crippen molar-refractivity contribution in [1.29, 1.82) is 0 Å². The van der Waals surface area contributed by atoms with Gasteiger partial charge in [0, 0.05) is 66.5 Å². The van der Waals surface area contributed by atoms with Crippen LogP contribution in [0.15, 0.2) is 60.7 Å². The van der Waals surface area contributed by atoms with Crippen molar-refractivity contribution < 1.29 is 4.79 Å². The van der Waals surface area contributed by atoms with Crippen molar-refractivity contribution in [2.45, 2.75) is 57.7 Å². The van der Waals surface area contributed by atoms with E-state index in [-0.39, 0.29) is 17.9 Å². The molecule has 0 aromatic heterocycles. The summed E-state index contributed by atoms with van der Waals surface area (Å²) in [4.78, 5) is 18.6. The standard InChI is InChI=1S/C34H47Cl2N5O/c1-24(2)16-32-22-40(20-30(38)18-27-11-12-29(35)19-33(27)36)31(8-5-14-39-15-13-37)21-41(32)23-34(42)28-10-9-25-6-3-4-7-26(25)17-28/h3-4,6-7,9-12,17,19,24,30-32,39H,5,8,13-16,18,20-23,37-38H2,1-2H3/t30-,31+,32-/m1/s1. The van der Waals surface area contributed by atoms with Crippen molar-refractivity contribution in [2.24, 2.45) is 17.4 Å². The molecule has 0 unspecified atom stereocenters. The molecule has 8 heteroatoms. The predicted molar refractivity (Wildman–Crippen MR) is 178 cm³/mol. The van der Waals surface area contributed by atoms with Crippen LogP contribution < -0.4 is 16.8 Å². The number of nitrogens with two attached hydrogens (primary N) is 2. The Morgan fingerprint density at radius 3 is 2.48 bits per heavy atom. The summed E-state index contributed by atoms with van der Waals surface area (Å²) in [5.41, 5.74) is 14.2. The third-order valence-electron chi connectivity index (χ3n) is 8.26. The van der Waals surface area contributed by atoms with Crippen LogP contribution in [0.1, 0.15) is 49.0 Å². The van der Waals surface area contributed by atoms with Gasteiger partial charge in [0.05, 0.1) is 6.54 Å². The summed E-state index contributed by atoms with van der Waals surface area (Å²) in [5, 5.41) is 6.97. The van der Waals surface area contributed by atoms with E-state index in [0.29, 0.717) is 41.5 Å². The largest absolute Gasteiger partial charge is 0.329 e. The Kier molecular flexibility index (Phi) is 12.6. The normalized spacial score (nSPS) is 19.0. The van der Waals surface area contributed by atoms with Crippen LogP contribution in [-0.2, 0) is 6.42 Å². The summed E-state index contributed by atoms with van der Waals surface area (Å²) < 4.78 is 0. The molecule has 0 bridgehead atoms. The maximum absolute atomic E-state index is 13.6. The number of piperazine rings is 1. The molecular weight excluding hydrogens is 565 g/mol. The minimum Gasteiger partial charge on any atom is -0.329 e. The van der Waals surface area contributed by atoms with Crippen molar-refractivity contribution in [2.75, 3.05) is 45.8 Å². The molecule has 228 valence electrons. The van der Waals surface area contributed by atoms with Crippen molar-refractivity contribution >= 4 is 39.8 Å². The highest BCUT2D eigenvalue weighted by atomic mass is 35.5. The van der Waals surface area contributed by atoms with Crippen LogP contribution in [0.3, 0.4) is 0 Å². The quantitative estimate of drug-likeness (QED) is 0.152.